The first-order chi connectivity index (χ1) is 9.30. The number of rotatable bonds is 2. The Morgan fingerprint density at radius 1 is 1.30 bits per heavy atom. The van der Waals surface area contributed by atoms with Crippen LogP contribution in [0.1, 0.15) is 32.2 Å². The summed E-state index contributed by atoms with van der Waals surface area (Å²) in [5.74, 6) is 0.738. The minimum absolute atomic E-state index is 0.185. The van der Waals surface area contributed by atoms with E-state index in [9.17, 15) is 0 Å². The van der Waals surface area contributed by atoms with Crippen LogP contribution in [0.5, 0.6) is 0 Å². The normalized spacial score (nSPS) is 12.2. The number of benzene rings is 1. The van der Waals surface area contributed by atoms with E-state index in [0.29, 0.717) is 20.4 Å². The molecule has 0 atom stereocenters. The van der Waals surface area contributed by atoms with Gasteiger partial charge in [0.2, 0.25) is 4.77 Å². The second-order valence-corrected chi connectivity index (χ2v) is 6.50. The summed E-state index contributed by atoms with van der Waals surface area (Å²) in [5, 5.41) is 12.4. The number of halogens is 2. The van der Waals surface area contributed by atoms with Gasteiger partial charge in [0.1, 0.15) is 0 Å². The molecule has 0 aliphatic heterocycles. The van der Waals surface area contributed by atoms with Gasteiger partial charge < -0.3 is 0 Å². The van der Waals surface area contributed by atoms with Gasteiger partial charge in [0.15, 0.2) is 5.82 Å². The van der Waals surface area contributed by atoms with Gasteiger partial charge in [-0.15, -0.1) is 0 Å². The summed E-state index contributed by atoms with van der Waals surface area (Å²) in [6.45, 7) is 6.10. The van der Waals surface area contributed by atoms with Gasteiger partial charge in [0.25, 0.3) is 0 Å². The Balaban J connectivity index is 2.48. The molecular formula is C13H14Cl2N4S. The highest BCUT2D eigenvalue weighted by molar-refractivity contribution is 7.71. The van der Waals surface area contributed by atoms with E-state index >= 15 is 0 Å². The monoisotopic (exact) mass is 328 g/mol. The Morgan fingerprint density at radius 2 is 1.90 bits per heavy atom. The molecule has 20 heavy (non-hydrogen) atoms. The van der Waals surface area contributed by atoms with Crippen LogP contribution in [0.4, 0.5) is 0 Å². The fourth-order valence-corrected chi connectivity index (χ4v) is 2.31. The fourth-order valence-electron chi connectivity index (χ4n) is 1.63. The largest absolute Gasteiger partial charge is 0.250 e. The molecule has 1 aromatic heterocycles. The van der Waals surface area contributed by atoms with Crippen LogP contribution >= 0.6 is 35.4 Å². The van der Waals surface area contributed by atoms with Gasteiger partial charge in [-0.2, -0.15) is 14.9 Å². The standard InChI is InChI=1S/C13H14Cl2N4S/c1-13(2,3)11-17-18-12(20)19(11)16-7-8-9(14)5-4-6-10(8)15/h4-7H,1-3H3,(H,18,20)/b16-7-. The predicted molar refractivity (Wildman–Crippen MR) is 85.6 cm³/mol. The number of hydrogen-bond donors (Lipinski definition) is 1. The second kappa shape index (κ2) is 5.68. The highest BCUT2D eigenvalue weighted by atomic mass is 35.5. The Labute approximate surface area is 132 Å². The van der Waals surface area contributed by atoms with E-state index in [2.05, 4.69) is 15.3 Å². The molecule has 0 radical (unpaired) electrons. The van der Waals surface area contributed by atoms with Crippen LogP contribution in [0.2, 0.25) is 10.0 Å². The van der Waals surface area contributed by atoms with Crippen LogP contribution in [0.15, 0.2) is 23.3 Å². The first kappa shape index (κ1) is 15.2. The maximum Gasteiger partial charge on any atom is 0.216 e. The molecule has 2 rings (SSSR count). The zero-order valence-electron chi connectivity index (χ0n) is 11.3. The molecule has 0 fully saturated rings. The van der Waals surface area contributed by atoms with Crippen molar-refractivity contribution in [3.63, 3.8) is 0 Å². The molecule has 0 spiro atoms. The van der Waals surface area contributed by atoms with E-state index in [1.54, 1.807) is 29.1 Å². The van der Waals surface area contributed by atoms with Crippen molar-refractivity contribution in [1.82, 2.24) is 14.9 Å². The third-order valence-corrected chi connectivity index (χ3v) is 3.55. The average Bonchev–Trinajstić information content (AvgIpc) is 2.70. The van der Waals surface area contributed by atoms with Gasteiger partial charge in [0.05, 0.1) is 16.3 Å². The SMILES string of the molecule is CC(C)(C)c1n[nH]c(=S)n1/N=C\c1c(Cl)cccc1Cl. The third kappa shape index (κ3) is 3.11. The molecule has 0 saturated heterocycles. The van der Waals surface area contributed by atoms with Crippen molar-refractivity contribution in [3.05, 3.63) is 44.4 Å². The van der Waals surface area contributed by atoms with Crippen molar-refractivity contribution in [2.24, 2.45) is 5.10 Å². The number of nitrogens with zero attached hydrogens (tertiary/aromatic N) is 3. The van der Waals surface area contributed by atoms with E-state index in [0.717, 1.165) is 5.82 Å². The van der Waals surface area contributed by atoms with Gasteiger partial charge in [-0.25, -0.2) is 0 Å². The molecule has 0 unspecified atom stereocenters. The lowest BCUT2D eigenvalue weighted by Gasteiger charge is -2.15. The zero-order valence-corrected chi connectivity index (χ0v) is 13.6. The fraction of sp³-hybridized carbons (Fsp3) is 0.308. The Morgan fingerprint density at radius 3 is 2.45 bits per heavy atom. The first-order valence-corrected chi connectivity index (χ1v) is 7.13. The molecule has 0 amide bonds. The van der Waals surface area contributed by atoms with Crippen molar-refractivity contribution >= 4 is 41.6 Å². The predicted octanol–water partition coefficient (Wildman–Crippen LogP) is 4.43. The summed E-state index contributed by atoms with van der Waals surface area (Å²) in [4.78, 5) is 0. The Bertz CT molecular complexity index is 690. The number of nitrogens with one attached hydrogen (secondary N) is 1. The Hall–Kier alpha value is -1.17. The quantitative estimate of drug-likeness (QED) is 0.654. The molecule has 2 aromatic rings. The summed E-state index contributed by atoms with van der Waals surface area (Å²) in [5.41, 5.74) is 0.466. The van der Waals surface area contributed by atoms with Crippen LogP contribution in [-0.2, 0) is 5.41 Å². The van der Waals surface area contributed by atoms with Crippen LogP contribution in [0.3, 0.4) is 0 Å². The molecular weight excluding hydrogens is 315 g/mol. The van der Waals surface area contributed by atoms with Crippen LogP contribution in [0, 0.1) is 4.77 Å². The summed E-state index contributed by atoms with van der Waals surface area (Å²) < 4.78 is 2.00. The highest BCUT2D eigenvalue weighted by Gasteiger charge is 2.21. The van der Waals surface area contributed by atoms with Gasteiger partial charge in [-0.05, 0) is 24.4 Å². The molecule has 0 aliphatic carbocycles. The van der Waals surface area contributed by atoms with E-state index in [4.69, 9.17) is 35.4 Å². The molecule has 1 heterocycles. The number of H-pyrrole nitrogens is 1. The van der Waals surface area contributed by atoms with E-state index < -0.39 is 0 Å². The summed E-state index contributed by atoms with van der Waals surface area (Å²) >= 11 is 17.4. The van der Waals surface area contributed by atoms with Crippen LogP contribution in [-0.4, -0.2) is 21.1 Å². The van der Waals surface area contributed by atoms with E-state index in [1.165, 1.54) is 0 Å². The molecule has 1 N–H and O–H groups in total. The van der Waals surface area contributed by atoms with Gasteiger partial charge in [-0.1, -0.05) is 50.0 Å². The molecule has 4 nitrogen and oxygen atoms in total. The minimum atomic E-state index is -0.185. The highest BCUT2D eigenvalue weighted by Crippen LogP contribution is 2.23. The van der Waals surface area contributed by atoms with Crippen LogP contribution < -0.4 is 0 Å². The lowest BCUT2D eigenvalue weighted by Crippen LogP contribution is -2.17. The summed E-state index contributed by atoms with van der Waals surface area (Å²) in [7, 11) is 0. The summed E-state index contributed by atoms with van der Waals surface area (Å²) in [6.07, 6.45) is 1.59. The number of hydrogen-bond acceptors (Lipinski definition) is 3. The smallest absolute Gasteiger partial charge is 0.216 e. The number of aromatic nitrogens is 3. The van der Waals surface area contributed by atoms with Gasteiger partial charge in [0, 0.05) is 11.0 Å². The summed E-state index contributed by atoms with van der Waals surface area (Å²) in [6, 6.07) is 5.30. The van der Waals surface area contributed by atoms with Gasteiger partial charge >= 0.3 is 0 Å². The molecule has 7 heteroatoms. The maximum atomic E-state index is 6.10. The lowest BCUT2D eigenvalue weighted by atomic mass is 9.96. The average molecular weight is 329 g/mol. The first-order valence-electron chi connectivity index (χ1n) is 5.97. The molecule has 0 bridgehead atoms. The van der Waals surface area contributed by atoms with Crippen molar-refractivity contribution in [2.45, 2.75) is 26.2 Å². The van der Waals surface area contributed by atoms with Crippen molar-refractivity contribution in [2.75, 3.05) is 0 Å². The topological polar surface area (TPSA) is 46.0 Å². The van der Waals surface area contributed by atoms with E-state index in [-0.39, 0.29) is 5.41 Å². The van der Waals surface area contributed by atoms with E-state index in [1.807, 2.05) is 20.8 Å². The van der Waals surface area contributed by atoms with Crippen molar-refractivity contribution in [3.8, 4) is 0 Å². The van der Waals surface area contributed by atoms with Crippen molar-refractivity contribution < 1.29 is 0 Å². The molecule has 0 saturated carbocycles. The second-order valence-electron chi connectivity index (χ2n) is 5.29. The maximum absolute atomic E-state index is 6.10. The zero-order chi connectivity index (χ0) is 14.9. The molecule has 0 aliphatic rings. The van der Waals surface area contributed by atoms with Crippen molar-refractivity contribution in [1.29, 1.82) is 0 Å². The third-order valence-electron chi connectivity index (χ3n) is 2.62. The molecule has 106 valence electrons. The Kier molecular flexibility index (Phi) is 4.32. The van der Waals surface area contributed by atoms with Gasteiger partial charge in [-0.3, -0.25) is 5.10 Å². The van der Waals surface area contributed by atoms with Crippen LogP contribution in [0.25, 0.3) is 0 Å². The molecule has 1 aromatic carbocycles. The lowest BCUT2D eigenvalue weighted by molar-refractivity contribution is 0.516. The minimum Gasteiger partial charge on any atom is -0.250 e. The number of aromatic amines is 1.